The molecule has 0 bridgehead atoms. The second-order valence-corrected chi connectivity index (χ2v) is 8.68. The number of hydrogen-bond donors (Lipinski definition) is 1. The Hall–Kier alpha value is -4.39. The Kier molecular flexibility index (Phi) is 6.80. The normalized spacial score (nSPS) is 13.4. The van der Waals surface area contributed by atoms with Crippen LogP contribution in [0.25, 0.3) is 11.0 Å². The number of alkyl carbamates (subject to hydrolysis) is 1. The van der Waals surface area contributed by atoms with Gasteiger partial charge in [0.15, 0.2) is 6.04 Å². The summed E-state index contributed by atoms with van der Waals surface area (Å²) in [6.45, 7) is 0.0667. The lowest BCUT2D eigenvalue weighted by Gasteiger charge is -2.19. The van der Waals surface area contributed by atoms with Crippen LogP contribution in [0.4, 0.5) is 4.79 Å². The highest BCUT2D eigenvalue weighted by Crippen LogP contribution is 2.29. The molecule has 1 amide bonds. The highest BCUT2D eigenvalue weighted by molar-refractivity contribution is 5.86. The maximum Gasteiger partial charge on any atom is 0.408 e. The number of aryl methyl sites for hydroxylation is 1. The largest absolute Gasteiger partial charge is 0.445 e. The molecule has 1 heterocycles. The molecule has 0 unspecified atom stereocenters. The number of nitrogens with one attached hydrogen (secondary N) is 1. The first-order valence-corrected chi connectivity index (χ1v) is 11.9. The minimum atomic E-state index is -1.10. The van der Waals surface area contributed by atoms with Gasteiger partial charge in [-0.25, -0.2) is 14.4 Å². The predicted molar refractivity (Wildman–Crippen MR) is 134 cm³/mol. The standard InChI is InChI=1S/C29H25NO6/c31-27-24-14-8-7-13-22(24)23-16-15-21(17-25(23)36-27)35-28(32)26(20-11-5-2-6-12-20)30-29(33)34-18-19-9-3-1-4-10-19/h1-6,9-12,15-17,26H,7-8,13-14,18H2,(H,30,33)/t26-/m1/s1. The van der Waals surface area contributed by atoms with Crippen LogP contribution in [-0.4, -0.2) is 12.1 Å². The molecule has 3 aromatic carbocycles. The van der Waals surface area contributed by atoms with Crippen LogP contribution in [0.2, 0.25) is 0 Å². The smallest absolute Gasteiger partial charge is 0.408 e. The number of fused-ring (bicyclic) bond motifs is 3. The first kappa shape index (κ1) is 23.4. The molecule has 5 rings (SSSR count). The third kappa shape index (κ3) is 5.15. The Balaban J connectivity index is 1.35. The van der Waals surface area contributed by atoms with Crippen molar-refractivity contribution in [2.24, 2.45) is 0 Å². The molecule has 0 aliphatic heterocycles. The van der Waals surface area contributed by atoms with Gasteiger partial charge in [0, 0.05) is 17.0 Å². The molecule has 1 aliphatic rings. The van der Waals surface area contributed by atoms with Crippen molar-refractivity contribution in [2.75, 3.05) is 0 Å². The quantitative estimate of drug-likeness (QED) is 0.229. The van der Waals surface area contributed by atoms with Crippen LogP contribution < -0.4 is 15.7 Å². The molecule has 0 spiro atoms. The van der Waals surface area contributed by atoms with Crippen LogP contribution in [-0.2, 0) is 29.0 Å². The van der Waals surface area contributed by atoms with E-state index in [1.807, 2.05) is 42.5 Å². The summed E-state index contributed by atoms with van der Waals surface area (Å²) >= 11 is 0. The number of benzene rings is 3. The van der Waals surface area contributed by atoms with Gasteiger partial charge >= 0.3 is 17.7 Å². The molecule has 7 nitrogen and oxygen atoms in total. The Bertz CT molecular complexity index is 1450. The summed E-state index contributed by atoms with van der Waals surface area (Å²) in [7, 11) is 0. The number of hydrogen-bond acceptors (Lipinski definition) is 6. The van der Waals surface area contributed by atoms with Gasteiger partial charge in [-0.15, -0.1) is 0 Å². The van der Waals surface area contributed by atoms with Crippen molar-refractivity contribution in [1.29, 1.82) is 0 Å². The lowest BCUT2D eigenvalue weighted by atomic mass is 9.91. The van der Waals surface area contributed by atoms with Crippen molar-refractivity contribution in [1.82, 2.24) is 5.32 Å². The Labute approximate surface area is 207 Å². The van der Waals surface area contributed by atoms with Gasteiger partial charge in [0.25, 0.3) is 0 Å². The minimum absolute atomic E-state index is 0.0667. The number of carbonyl (C=O) groups is 2. The molecule has 4 aromatic rings. The van der Waals surface area contributed by atoms with Gasteiger partial charge in [-0.3, -0.25) is 0 Å². The number of carbonyl (C=O) groups excluding carboxylic acids is 2. The van der Waals surface area contributed by atoms with Crippen LogP contribution in [0.5, 0.6) is 5.75 Å². The SMILES string of the molecule is O=C(N[C@@H](C(=O)Oc1ccc2c3c(c(=O)oc2c1)CCCC3)c1ccccc1)OCc1ccccc1. The average Bonchev–Trinajstić information content (AvgIpc) is 2.91. The van der Waals surface area contributed by atoms with Crippen LogP contribution in [0, 0.1) is 0 Å². The van der Waals surface area contributed by atoms with Crippen LogP contribution in [0.1, 0.15) is 41.1 Å². The van der Waals surface area contributed by atoms with E-state index >= 15 is 0 Å². The maximum atomic E-state index is 13.2. The summed E-state index contributed by atoms with van der Waals surface area (Å²) in [5.74, 6) is -0.482. The topological polar surface area (TPSA) is 94.8 Å². The first-order chi connectivity index (χ1) is 17.6. The first-order valence-electron chi connectivity index (χ1n) is 11.9. The molecule has 36 heavy (non-hydrogen) atoms. The van der Waals surface area contributed by atoms with E-state index in [4.69, 9.17) is 13.9 Å². The second kappa shape index (κ2) is 10.5. The van der Waals surface area contributed by atoms with Crippen LogP contribution >= 0.6 is 0 Å². The summed E-state index contributed by atoms with van der Waals surface area (Å²) < 4.78 is 16.4. The molecule has 182 valence electrons. The fraction of sp³-hybridized carbons (Fsp3) is 0.207. The molecule has 1 atom stereocenters. The summed E-state index contributed by atoms with van der Waals surface area (Å²) in [6, 6.07) is 21.9. The monoisotopic (exact) mass is 483 g/mol. The van der Waals surface area contributed by atoms with Crippen molar-refractivity contribution in [3.05, 3.63) is 112 Å². The summed E-state index contributed by atoms with van der Waals surface area (Å²) in [4.78, 5) is 38.1. The Morgan fingerprint density at radius 2 is 1.58 bits per heavy atom. The number of ether oxygens (including phenoxy) is 2. The zero-order chi connectivity index (χ0) is 24.9. The van der Waals surface area contributed by atoms with Crippen LogP contribution in [0.15, 0.2) is 88.1 Å². The number of esters is 1. The average molecular weight is 484 g/mol. The number of amides is 1. The van der Waals surface area contributed by atoms with E-state index in [0.717, 1.165) is 47.8 Å². The lowest BCUT2D eigenvalue weighted by Crippen LogP contribution is -2.36. The van der Waals surface area contributed by atoms with Gasteiger partial charge in [0.2, 0.25) is 0 Å². The van der Waals surface area contributed by atoms with Gasteiger partial charge in [-0.1, -0.05) is 60.7 Å². The van der Waals surface area contributed by atoms with E-state index in [1.54, 1.807) is 36.4 Å². The fourth-order valence-corrected chi connectivity index (χ4v) is 4.47. The molecule has 0 radical (unpaired) electrons. The molecular formula is C29H25NO6. The summed E-state index contributed by atoms with van der Waals surface area (Å²) in [6.07, 6.45) is 2.78. The van der Waals surface area contributed by atoms with Crippen LogP contribution in [0.3, 0.4) is 0 Å². The molecule has 1 aliphatic carbocycles. The van der Waals surface area contributed by atoms with E-state index in [0.29, 0.717) is 11.1 Å². The lowest BCUT2D eigenvalue weighted by molar-refractivity contribution is -0.136. The van der Waals surface area contributed by atoms with Gasteiger partial charge in [-0.2, -0.15) is 0 Å². The Morgan fingerprint density at radius 1 is 0.889 bits per heavy atom. The summed E-state index contributed by atoms with van der Waals surface area (Å²) in [5.41, 5.74) is 3.14. The molecule has 0 saturated heterocycles. The highest BCUT2D eigenvalue weighted by atomic mass is 16.6. The Morgan fingerprint density at radius 3 is 2.33 bits per heavy atom. The molecule has 0 fully saturated rings. The van der Waals surface area contributed by atoms with Gasteiger partial charge in [0.05, 0.1) is 0 Å². The van der Waals surface area contributed by atoms with E-state index in [1.165, 1.54) is 0 Å². The van der Waals surface area contributed by atoms with E-state index < -0.39 is 18.1 Å². The van der Waals surface area contributed by atoms with Gasteiger partial charge < -0.3 is 19.2 Å². The zero-order valence-electron chi connectivity index (χ0n) is 19.6. The van der Waals surface area contributed by atoms with E-state index in [9.17, 15) is 14.4 Å². The second-order valence-electron chi connectivity index (χ2n) is 8.68. The molecular weight excluding hydrogens is 458 g/mol. The van der Waals surface area contributed by atoms with E-state index in [-0.39, 0.29) is 18.0 Å². The molecule has 7 heteroatoms. The molecule has 1 aromatic heterocycles. The van der Waals surface area contributed by atoms with Crippen molar-refractivity contribution in [2.45, 2.75) is 38.3 Å². The van der Waals surface area contributed by atoms with Crippen molar-refractivity contribution in [3.8, 4) is 5.75 Å². The number of rotatable bonds is 6. The molecule has 1 N–H and O–H groups in total. The van der Waals surface area contributed by atoms with Gasteiger partial charge in [0.1, 0.15) is 17.9 Å². The third-order valence-electron chi connectivity index (χ3n) is 6.26. The van der Waals surface area contributed by atoms with E-state index in [2.05, 4.69) is 5.32 Å². The summed E-state index contributed by atoms with van der Waals surface area (Å²) in [5, 5.41) is 3.45. The zero-order valence-corrected chi connectivity index (χ0v) is 19.6. The van der Waals surface area contributed by atoms with Crippen molar-refractivity contribution < 1.29 is 23.5 Å². The predicted octanol–water partition coefficient (Wildman–Crippen LogP) is 5.24. The molecule has 0 saturated carbocycles. The highest BCUT2D eigenvalue weighted by Gasteiger charge is 2.26. The van der Waals surface area contributed by atoms with Crippen molar-refractivity contribution >= 4 is 23.0 Å². The maximum absolute atomic E-state index is 13.2. The fourth-order valence-electron chi connectivity index (χ4n) is 4.47. The van der Waals surface area contributed by atoms with Gasteiger partial charge in [-0.05, 0) is 54.5 Å². The van der Waals surface area contributed by atoms with Crippen molar-refractivity contribution in [3.63, 3.8) is 0 Å². The minimum Gasteiger partial charge on any atom is -0.445 e. The third-order valence-corrected chi connectivity index (χ3v) is 6.26.